The van der Waals surface area contributed by atoms with Crippen LogP contribution in [0, 0.1) is 6.92 Å². The molecule has 180 valence electrons. The number of aryl methyl sites for hydroxylation is 1. The number of nitrogens with one attached hydrogen (secondary N) is 1. The molecule has 0 unspecified atom stereocenters. The Morgan fingerprint density at radius 2 is 1.94 bits per heavy atom. The van der Waals surface area contributed by atoms with Crippen LogP contribution in [0.2, 0.25) is 0 Å². The third-order valence-electron chi connectivity index (χ3n) is 6.26. The van der Waals surface area contributed by atoms with Crippen molar-refractivity contribution < 1.29 is 22.7 Å². The minimum absolute atomic E-state index is 0.130. The monoisotopic (exact) mass is 467 g/mol. The molecule has 0 bridgehead atoms. The number of sulfonamides is 1. The minimum Gasteiger partial charge on any atom is -0.495 e. The molecule has 9 heteroatoms. The summed E-state index contributed by atoms with van der Waals surface area (Å²) in [5, 5.41) is 2.92. The van der Waals surface area contributed by atoms with Gasteiger partial charge in [-0.2, -0.15) is 4.31 Å². The topological polar surface area (TPSA) is 88.2 Å². The van der Waals surface area contributed by atoms with Crippen LogP contribution in [0.1, 0.15) is 44.1 Å². The highest BCUT2D eigenvalue weighted by molar-refractivity contribution is 7.89. The smallest absolute Gasteiger partial charge is 0.247 e. The number of benzene rings is 1. The van der Waals surface area contributed by atoms with Gasteiger partial charge in [0.25, 0.3) is 0 Å². The molecule has 0 radical (unpaired) electrons. The Balaban J connectivity index is 1.67. The average molecular weight is 468 g/mol. The van der Waals surface area contributed by atoms with E-state index in [1.54, 1.807) is 12.1 Å². The predicted molar refractivity (Wildman–Crippen MR) is 123 cm³/mol. The first-order valence-electron chi connectivity index (χ1n) is 11.6. The summed E-state index contributed by atoms with van der Waals surface area (Å²) in [6.45, 7) is 6.45. The standard InChI is InChI=1S/C23H37N3O5S/c1-19-9-10-21(30-2)22(17-19)32(28,29)26(20-7-4-3-5-8-20)18-23(27)24-11-6-12-25-13-15-31-16-14-25/h9-10,17,20H,3-8,11-16,18H2,1-2H3,(H,24,27). The average Bonchev–Trinajstić information content (AvgIpc) is 2.81. The van der Waals surface area contributed by atoms with Crippen molar-refractivity contribution in [2.45, 2.75) is 56.4 Å². The van der Waals surface area contributed by atoms with Crippen LogP contribution in [0.15, 0.2) is 23.1 Å². The van der Waals surface area contributed by atoms with Gasteiger partial charge in [0, 0.05) is 25.7 Å². The summed E-state index contributed by atoms with van der Waals surface area (Å²) in [7, 11) is -2.42. The Kier molecular flexibility index (Phi) is 9.34. The van der Waals surface area contributed by atoms with E-state index in [0.717, 1.165) is 76.9 Å². The normalized spacial score (nSPS) is 18.6. The van der Waals surface area contributed by atoms with Crippen LogP contribution in [0.25, 0.3) is 0 Å². The molecule has 0 aromatic heterocycles. The first kappa shape index (κ1) is 25.0. The van der Waals surface area contributed by atoms with E-state index in [4.69, 9.17) is 9.47 Å². The molecule has 1 N–H and O–H groups in total. The molecule has 1 aromatic carbocycles. The number of nitrogens with zero attached hydrogens (tertiary/aromatic N) is 2. The number of carbonyl (C=O) groups is 1. The molecule has 3 rings (SSSR count). The van der Waals surface area contributed by atoms with E-state index in [9.17, 15) is 13.2 Å². The van der Waals surface area contributed by atoms with Crippen molar-refractivity contribution in [2.24, 2.45) is 0 Å². The Bertz CT molecular complexity index is 849. The maximum atomic E-state index is 13.7. The van der Waals surface area contributed by atoms with E-state index in [1.807, 2.05) is 13.0 Å². The summed E-state index contributed by atoms with van der Waals surface area (Å²) in [5.41, 5.74) is 0.834. The number of carbonyl (C=O) groups excluding carboxylic acids is 1. The Labute approximate surface area is 192 Å². The Morgan fingerprint density at radius 3 is 2.62 bits per heavy atom. The van der Waals surface area contributed by atoms with E-state index in [0.29, 0.717) is 12.3 Å². The molecular formula is C23H37N3O5S. The number of hydrogen-bond acceptors (Lipinski definition) is 6. The second kappa shape index (κ2) is 12.0. The van der Waals surface area contributed by atoms with Crippen molar-refractivity contribution in [2.75, 3.05) is 53.0 Å². The van der Waals surface area contributed by atoms with Crippen LogP contribution in [0.4, 0.5) is 0 Å². The van der Waals surface area contributed by atoms with Crippen molar-refractivity contribution in [1.82, 2.24) is 14.5 Å². The van der Waals surface area contributed by atoms with Gasteiger partial charge in [0.05, 0.1) is 26.9 Å². The van der Waals surface area contributed by atoms with Crippen LogP contribution in [-0.2, 0) is 19.6 Å². The summed E-state index contributed by atoms with van der Waals surface area (Å²) in [6, 6.07) is 4.96. The number of morpholine rings is 1. The van der Waals surface area contributed by atoms with Gasteiger partial charge < -0.3 is 14.8 Å². The van der Waals surface area contributed by atoms with E-state index in [-0.39, 0.29) is 23.4 Å². The molecule has 0 spiro atoms. The molecule has 1 saturated carbocycles. The maximum Gasteiger partial charge on any atom is 0.247 e. The lowest BCUT2D eigenvalue weighted by molar-refractivity contribution is -0.121. The van der Waals surface area contributed by atoms with E-state index in [2.05, 4.69) is 10.2 Å². The zero-order chi connectivity index (χ0) is 23.0. The molecule has 8 nitrogen and oxygen atoms in total. The van der Waals surface area contributed by atoms with Gasteiger partial charge in [-0.25, -0.2) is 8.42 Å². The maximum absolute atomic E-state index is 13.7. The van der Waals surface area contributed by atoms with E-state index < -0.39 is 10.0 Å². The number of ether oxygens (including phenoxy) is 2. The van der Waals surface area contributed by atoms with Crippen LogP contribution in [0.3, 0.4) is 0 Å². The fourth-order valence-corrected chi connectivity index (χ4v) is 6.33. The van der Waals surface area contributed by atoms with Gasteiger partial charge in [-0.15, -0.1) is 0 Å². The van der Waals surface area contributed by atoms with E-state index in [1.165, 1.54) is 11.4 Å². The molecule has 1 amide bonds. The first-order chi connectivity index (χ1) is 15.4. The number of amides is 1. The Hall–Kier alpha value is -1.68. The number of hydrogen-bond donors (Lipinski definition) is 1. The van der Waals surface area contributed by atoms with E-state index >= 15 is 0 Å². The zero-order valence-electron chi connectivity index (χ0n) is 19.3. The minimum atomic E-state index is -3.88. The highest BCUT2D eigenvalue weighted by Crippen LogP contribution is 2.32. The summed E-state index contributed by atoms with van der Waals surface area (Å²) in [5.74, 6) is 0.0510. The molecule has 2 aliphatic rings. The van der Waals surface area contributed by atoms with Crippen LogP contribution < -0.4 is 10.1 Å². The number of methoxy groups -OCH3 is 1. The second-order valence-electron chi connectivity index (χ2n) is 8.65. The second-order valence-corrected chi connectivity index (χ2v) is 10.5. The third kappa shape index (κ3) is 6.66. The van der Waals surface area contributed by atoms with Gasteiger partial charge in [-0.1, -0.05) is 25.3 Å². The molecular weight excluding hydrogens is 430 g/mol. The highest BCUT2D eigenvalue weighted by atomic mass is 32.2. The molecule has 1 aliphatic carbocycles. The quantitative estimate of drug-likeness (QED) is 0.531. The summed E-state index contributed by atoms with van der Waals surface area (Å²) in [6.07, 6.45) is 5.43. The predicted octanol–water partition coefficient (Wildman–Crippen LogP) is 2.17. The third-order valence-corrected chi connectivity index (χ3v) is 8.18. The van der Waals surface area contributed by atoms with Crippen molar-refractivity contribution in [3.63, 3.8) is 0 Å². The SMILES string of the molecule is COc1ccc(C)cc1S(=O)(=O)N(CC(=O)NCCCN1CCOCC1)C1CCCCC1. The molecule has 1 heterocycles. The largest absolute Gasteiger partial charge is 0.495 e. The van der Waals surface area contributed by atoms with Gasteiger partial charge in [0.2, 0.25) is 15.9 Å². The molecule has 1 aromatic rings. The molecule has 0 atom stereocenters. The molecule has 2 fully saturated rings. The van der Waals surface area contributed by atoms with Gasteiger partial charge in [0.15, 0.2) is 0 Å². The van der Waals surface area contributed by atoms with Crippen LogP contribution in [-0.4, -0.2) is 82.6 Å². The lowest BCUT2D eigenvalue weighted by Crippen LogP contribution is -2.47. The zero-order valence-corrected chi connectivity index (χ0v) is 20.2. The fraction of sp³-hybridized carbons (Fsp3) is 0.696. The van der Waals surface area contributed by atoms with Crippen molar-refractivity contribution in [3.05, 3.63) is 23.8 Å². The van der Waals surface area contributed by atoms with Gasteiger partial charge in [-0.05, 0) is 50.4 Å². The fourth-order valence-electron chi connectivity index (χ4n) is 4.44. The van der Waals surface area contributed by atoms with Gasteiger partial charge in [0.1, 0.15) is 10.6 Å². The van der Waals surface area contributed by atoms with Crippen molar-refractivity contribution in [1.29, 1.82) is 0 Å². The molecule has 1 aliphatic heterocycles. The van der Waals surface area contributed by atoms with Crippen LogP contribution >= 0.6 is 0 Å². The van der Waals surface area contributed by atoms with Crippen molar-refractivity contribution in [3.8, 4) is 5.75 Å². The van der Waals surface area contributed by atoms with Gasteiger partial charge >= 0.3 is 0 Å². The molecule has 32 heavy (non-hydrogen) atoms. The summed E-state index contributed by atoms with van der Waals surface area (Å²) < 4.78 is 39.5. The number of rotatable bonds is 10. The lowest BCUT2D eigenvalue weighted by atomic mass is 9.95. The summed E-state index contributed by atoms with van der Waals surface area (Å²) >= 11 is 0. The first-order valence-corrected chi connectivity index (χ1v) is 13.1. The summed E-state index contributed by atoms with van der Waals surface area (Å²) in [4.78, 5) is 15.2. The molecule has 1 saturated heterocycles. The van der Waals surface area contributed by atoms with Gasteiger partial charge in [-0.3, -0.25) is 9.69 Å². The Morgan fingerprint density at radius 1 is 1.22 bits per heavy atom. The van der Waals surface area contributed by atoms with Crippen LogP contribution in [0.5, 0.6) is 5.75 Å². The highest BCUT2D eigenvalue weighted by Gasteiger charge is 2.35. The lowest BCUT2D eigenvalue weighted by Gasteiger charge is -2.33. The van der Waals surface area contributed by atoms with Crippen molar-refractivity contribution >= 4 is 15.9 Å².